The third kappa shape index (κ3) is 14.2. The van der Waals surface area contributed by atoms with Crippen molar-refractivity contribution in [1.29, 1.82) is 0 Å². The summed E-state index contributed by atoms with van der Waals surface area (Å²) >= 11 is 0. The topological polar surface area (TPSA) is 134 Å². The first-order valence-electron chi connectivity index (χ1n) is 25.8. The number of rotatable bonds is 28. The number of esters is 1. The summed E-state index contributed by atoms with van der Waals surface area (Å²) in [6, 6.07) is 15.0. The van der Waals surface area contributed by atoms with E-state index in [1.165, 1.54) is 51.4 Å². The zero-order valence-electron chi connectivity index (χ0n) is 40.6. The number of allylic oxidation sites excluding steroid dienone is 1. The summed E-state index contributed by atoms with van der Waals surface area (Å²) in [5.74, 6) is 5.56. The second-order valence-electron chi connectivity index (χ2n) is 20.9. The van der Waals surface area contributed by atoms with Crippen LogP contribution in [0, 0.1) is 46.3 Å². The van der Waals surface area contributed by atoms with E-state index in [2.05, 4.69) is 72.2 Å². The summed E-state index contributed by atoms with van der Waals surface area (Å²) in [4.78, 5) is 13.4. The smallest absolute Gasteiger partial charge is 0.338 e. The van der Waals surface area contributed by atoms with E-state index in [1.54, 1.807) is 5.57 Å². The Morgan fingerprint density at radius 2 is 1.36 bits per heavy atom. The van der Waals surface area contributed by atoms with Crippen molar-refractivity contribution in [3.63, 3.8) is 0 Å². The van der Waals surface area contributed by atoms with Crippen LogP contribution in [0.2, 0.25) is 0 Å². The van der Waals surface area contributed by atoms with Gasteiger partial charge in [0.1, 0.15) is 11.9 Å². The van der Waals surface area contributed by atoms with Crippen LogP contribution in [0.1, 0.15) is 141 Å². The lowest BCUT2D eigenvalue weighted by Gasteiger charge is -2.58. The van der Waals surface area contributed by atoms with Crippen molar-refractivity contribution in [3.8, 4) is 5.75 Å². The molecule has 3 fully saturated rings. The molecule has 0 bridgehead atoms. The first-order chi connectivity index (χ1) is 31.1. The van der Waals surface area contributed by atoms with Gasteiger partial charge in [-0.3, -0.25) is 0 Å². The quantitative estimate of drug-likeness (QED) is 0.0247. The van der Waals surface area contributed by atoms with Crippen LogP contribution in [0.4, 0.5) is 11.4 Å². The minimum Gasteiger partial charge on any atom is -0.494 e. The molecular weight excluding hydrogens is 795 g/mol. The molecule has 0 saturated heterocycles. The summed E-state index contributed by atoms with van der Waals surface area (Å²) in [6.07, 6.45) is 20.7. The Morgan fingerprint density at radius 1 is 0.719 bits per heavy atom. The highest BCUT2D eigenvalue weighted by atomic mass is 16.5. The fourth-order valence-corrected chi connectivity index (χ4v) is 12.3. The van der Waals surface area contributed by atoms with E-state index < -0.39 is 0 Å². The molecular formula is C54H87N7O3. The Balaban J connectivity index is 0.842. The van der Waals surface area contributed by atoms with E-state index in [-0.39, 0.29) is 17.5 Å². The Morgan fingerprint density at radius 3 is 2.05 bits per heavy atom. The van der Waals surface area contributed by atoms with Crippen molar-refractivity contribution < 1.29 is 14.3 Å². The Hall–Kier alpha value is -3.15. The van der Waals surface area contributed by atoms with Gasteiger partial charge in [-0.2, -0.15) is 10.2 Å². The van der Waals surface area contributed by atoms with Crippen LogP contribution in [0.25, 0.3) is 0 Å². The van der Waals surface area contributed by atoms with Crippen LogP contribution in [-0.2, 0) is 4.74 Å². The maximum Gasteiger partial charge on any atom is 0.338 e. The summed E-state index contributed by atoms with van der Waals surface area (Å²) in [7, 11) is 0. The van der Waals surface area contributed by atoms with Crippen LogP contribution >= 0.6 is 0 Å². The van der Waals surface area contributed by atoms with Gasteiger partial charge in [-0.1, -0.05) is 65.5 Å². The van der Waals surface area contributed by atoms with Crippen molar-refractivity contribution >= 4 is 17.3 Å². The van der Waals surface area contributed by atoms with Gasteiger partial charge in [0.05, 0.1) is 23.5 Å². The molecule has 0 aliphatic heterocycles. The summed E-state index contributed by atoms with van der Waals surface area (Å²) < 4.78 is 12.2. The Bertz CT molecular complexity index is 1730. The largest absolute Gasteiger partial charge is 0.494 e. The number of azo groups is 1. The number of fused-ring (bicyclic) bond motifs is 5. The minimum absolute atomic E-state index is 0.0602. The fourth-order valence-electron chi connectivity index (χ4n) is 12.3. The van der Waals surface area contributed by atoms with Crippen LogP contribution in [0.3, 0.4) is 0 Å². The van der Waals surface area contributed by atoms with E-state index in [0.29, 0.717) is 23.3 Å². The molecule has 64 heavy (non-hydrogen) atoms. The molecule has 2 aromatic carbocycles. The number of nitrogens with two attached hydrogens (primary N) is 1. The summed E-state index contributed by atoms with van der Waals surface area (Å²) in [5.41, 5.74) is 9.82. The SMILES string of the molecule is CC(C)CCC[C@@H](C)[C@H]1CC[C@H]2[C@@H]3CC=C4C[C@@H](OC(=O)c5ccc(N=Nc6ccc(OCCCCNCCCNCCNCCNCCCN)cc6)cc5)CC[C@]4(C)[C@H]3CC[C@]12C. The molecule has 356 valence electrons. The predicted octanol–water partition coefficient (Wildman–Crippen LogP) is 10.9. The molecule has 4 aliphatic carbocycles. The fraction of sp³-hybridized carbons (Fsp3) is 0.722. The lowest BCUT2D eigenvalue weighted by molar-refractivity contribution is -0.0594. The third-order valence-electron chi connectivity index (χ3n) is 16.0. The molecule has 10 heteroatoms. The molecule has 0 spiro atoms. The highest BCUT2D eigenvalue weighted by Gasteiger charge is 2.59. The molecule has 3 saturated carbocycles. The standard InChI is InChI=1S/C54H87N7O3/c1-40(2)11-8-12-41(3)49-23-24-50-48-22-15-43-39-47(25-27-53(43,4)51(48)26-28-54(49,50)5)64-52(62)42-13-16-44(17-14-42)60-61-45-18-20-46(21-19-45)63-38-7-6-30-56-32-10-33-58-35-37-59-36-34-57-31-9-29-55/h13-21,40-41,47-51,56-59H,6-12,22-39,55H2,1-5H3/t41-,47+,48+,49-,50+,51+,53+,54-/m1/s1. The second-order valence-corrected chi connectivity index (χ2v) is 20.9. The third-order valence-corrected chi connectivity index (χ3v) is 16.0. The monoisotopic (exact) mass is 882 g/mol. The van der Waals surface area contributed by atoms with E-state index in [1.807, 2.05) is 48.5 Å². The molecule has 0 amide bonds. The molecule has 4 aliphatic rings. The maximum absolute atomic E-state index is 13.4. The van der Waals surface area contributed by atoms with Gasteiger partial charge in [0.25, 0.3) is 0 Å². The van der Waals surface area contributed by atoms with Gasteiger partial charge in [0, 0.05) is 32.6 Å². The van der Waals surface area contributed by atoms with E-state index >= 15 is 0 Å². The first-order valence-corrected chi connectivity index (χ1v) is 25.8. The molecule has 0 heterocycles. The van der Waals surface area contributed by atoms with Gasteiger partial charge >= 0.3 is 5.97 Å². The predicted molar refractivity (Wildman–Crippen MR) is 264 cm³/mol. The number of unbranched alkanes of at least 4 members (excludes halogenated alkanes) is 1. The van der Waals surface area contributed by atoms with Crippen LogP contribution in [-0.4, -0.2) is 77.6 Å². The van der Waals surface area contributed by atoms with Crippen molar-refractivity contribution in [3.05, 3.63) is 65.7 Å². The number of hydrogen-bond donors (Lipinski definition) is 5. The molecule has 0 aromatic heterocycles. The lowest BCUT2D eigenvalue weighted by Crippen LogP contribution is -2.51. The average Bonchev–Trinajstić information content (AvgIpc) is 3.66. The van der Waals surface area contributed by atoms with Gasteiger partial charge in [0.2, 0.25) is 0 Å². The lowest BCUT2D eigenvalue weighted by atomic mass is 9.47. The normalized spacial score (nSPS) is 26.9. The van der Waals surface area contributed by atoms with Crippen molar-refractivity contribution in [1.82, 2.24) is 21.3 Å². The van der Waals surface area contributed by atoms with Gasteiger partial charge in [-0.25, -0.2) is 4.79 Å². The number of ether oxygens (including phenoxy) is 2. The van der Waals surface area contributed by atoms with E-state index in [0.717, 1.165) is 151 Å². The van der Waals surface area contributed by atoms with Crippen LogP contribution in [0.5, 0.6) is 5.75 Å². The number of nitrogens with zero attached hydrogens (tertiary/aromatic N) is 2. The van der Waals surface area contributed by atoms with Gasteiger partial charge in [-0.05, 0) is 198 Å². The summed E-state index contributed by atoms with van der Waals surface area (Å²) in [5, 5.41) is 22.7. The van der Waals surface area contributed by atoms with Gasteiger partial charge < -0.3 is 36.5 Å². The summed E-state index contributed by atoms with van der Waals surface area (Å²) in [6.45, 7) is 22.0. The highest BCUT2D eigenvalue weighted by Crippen LogP contribution is 2.67. The average molecular weight is 882 g/mol. The number of benzene rings is 2. The van der Waals surface area contributed by atoms with Crippen molar-refractivity contribution in [2.45, 2.75) is 137 Å². The van der Waals surface area contributed by atoms with Crippen molar-refractivity contribution in [2.24, 2.45) is 62.3 Å². The Labute approximate surface area is 387 Å². The number of hydrogen-bond acceptors (Lipinski definition) is 10. The second kappa shape index (κ2) is 25.7. The van der Waals surface area contributed by atoms with Crippen LogP contribution in [0.15, 0.2) is 70.4 Å². The molecule has 2 aromatic rings. The zero-order chi connectivity index (χ0) is 45.2. The number of carbonyl (C=O) groups excluding carboxylic acids is 1. The van der Waals surface area contributed by atoms with Gasteiger partial charge in [-0.15, -0.1) is 0 Å². The molecule has 6 rings (SSSR count). The minimum atomic E-state index is -0.243. The molecule has 10 nitrogen and oxygen atoms in total. The molecule has 0 unspecified atom stereocenters. The maximum atomic E-state index is 13.4. The molecule has 6 N–H and O–H groups in total. The van der Waals surface area contributed by atoms with E-state index in [4.69, 9.17) is 15.2 Å². The molecule has 8 atom stereocenters. The number of nitrogens with one attached hydrogen (secondary N) is 4. The van der Waals surface area contributed by atoms with Gasteiger partial charge in [0.15, 0.2) is 0 Å². The van der Waals surface area contributed by atoms with Crippen LogP contribution < -0.4 is 31.7 Å². The van der Waals surface area contributed by atoms with Crippen molar-refractivity contribution in [2.75, 3.05) is 65.5 Å². The zero-order valence-corrected chi connectivity index (χ0v) is 40.6. The highest BCUT2D eigenvalue weighted by molar-refractivity contribution is 5.89. The van der Waals surface area contributed by atoms with E-state index in [9.17, 15) is 4.79 Å². The first kappa shape index (κ1) is 50.3. The molecule has 0 radical (unpaired) electrons. The number of carbonyl (C=O) groups is 1. The Kier molecular flexibility index (Phi) is 20.2.